The SMILES string of the molecule is COCCCn1c(C)cc(C(=O)CSc2nnc(-c3cccs3)n2C)c1C. The molecular formula is C19H24N4O2S2. The molecule has 6 nitrogen and oxygen atoms in total. The number of hydrogen-bond donors (Lipinski definition) is 0. The molecule has 3 aromatic rings. The van der Waals surface area contributed by atoms with Crippen LogP contribution in [0, 0.1) is 13.8 Å². The topological polar surface area (TPSA) is 61.9 Å². The molecule has 27 heavy (non-hydrogen) atoms. The van der Waals surface area contributed by atoms with Crippen molar-refractivity contribution in [1.29, 1.82) is 0 Å². The zero-order valence-electron chi connectivity index (χ0n) is 16.1. The standard InChI is InChI=1S/C19H24N4O2S2/c1-13-11-15(14(2)23(13)8-6-9-25-4)16(24)12-27-19-21-20-18(22(19)3)17-7-5-10-26-17/h5,7,10-11H,6,8-9,12H2,1-4H3. The molecular weight excluding hydrogens is 380 g/mol. The molecule has 0 aliphatic carbocycles. The van der Waals surface area contributed by atoms with Crippen LogP contribution >= 0.6 is 23.1 Å². The van der Waals surface area contributed by atoms with Crippen LogP contribution in [0.3, 0.4) is 0 Å². The first kappa shape index (κ1) is 19.9. The molecule has 3 rings (SSSR count). The van der Waals surface area contributed by atoms with Crippen LogP contribution in [0.2, 0.25) is 0 Å². The van der Waals surface area contributed by atoms with Crippen molar-refractivity contribution >= 4 is 28.9 Å². The number of hydrogen-bond acceptors (Lipinski definition) is 6. The van der Waals surface area contributed by atoms with E-state index in [9.17, 15) is 4.79 Å². The minimum Gasteiger partial charge on any atom is -0.385 e. The molecule has 8 heteroatoms. The number of methoxy groups -OCH3 is 1. The van der Waals surface area contributed by atoms with E-state index in [0.29, 0.717) is 5.75 Å². The number of Topliss-reactive ketones (excluding diaryl/α,β-unsaturated/α-hetero) is 1. The van der Waals surface area contributed by atoms with Gasteiger partial charge in [-0.1, -0.05) is 17.8 Å². The molecule has 144 valence electrons. The van der Waals surface area contributed by atoms with Crippen molar-refractivity contribution in [3.8, 4) is 10.7 Å². The second-order valence-corrected chi connectivity index (χ2v) is 8.23. The molecule has 0 spiro atoms. The van der Waals surface area contributed by atoms with Gasteiger partial charge < -0.3 is 13.9 Å². The smallest absolute Gasteiger partial charge is 0.191 e. The molecule has 0 radical (unpaired) electrons. The average molecular weight is 405 g/mol. The maximum Gasteiger partial charge on any atom is 0.191 e. The second-order valence-electron chi connectivity index (χ2n) is 6.34. The summed E-state index contributed by atoms with van der Waals surface area (Å²) in [5.74, 6) is 1.29. The molecule has 3 heterocycles. The Morgan fingerprint density at radius 1 is 1.33 bits per heavy atom. The molecule has 0 amide bonds. The number of carbonyl (C=O) groups is 1. The van der Waals surface area contributed by atoms with E-state index in [4.69, 9.17) is 4.74 Å². The highest BCUT2D eigenvalue weighted by Gasteiger charge is 2.18. The van der Waals surface area contributed by atoms with Crippen LogP contribution in [0.25, 0.3) is 10.7 Å². The third kappa shape index (κ3) is 4.34. The summed E-state index contributed by atoms with van der Waals surface area (Å²) in [7, 11) is 3.64. The maximum atomic E-state index is 12.8. The van der Waals surface area contributed by atoms with Crippen LogP contribution in [-0.2, 0) is 18.3 Å². The van der Waals surface area contributed by atoms with Crippen LogP contribution in [0.1, 0.15) is 28.2 Å². The summed E-state index contributed by atoms with van der Waals surface area (Å²) in [6.07, 6.45) is 0.930. The molecule has 0 fully saturated rings. The van der Waals surface area contributed by atoms with Gasteiger partial charge in [0.1, 0.15) is 0 Å². The summed E-state index contributed by atoms with van der Waals surface area (Å²) in [4.78, 5) is 13.8. The van der Waals surface area contributed by atoms with E-state index < -0.39 is 0 Å². The number of thioether (sulfide) groups is 1. The van der Waals surface area contributed by atoms with E-state index >= 15 is 0 Å². The van der Waals surface area contributed by atoms with Crippen LogP contribution < -0.4 is 0 Å². The van der Waals surface area contributed by atoms with Gasteiger partial charge in [-0.3, -0.25) is 4.79 Å². The summed E-state index contributed by atoms with van der Waals surface area (Å²) >= 11 is 3.06. The molecule has 3 aromatic heterocycles. The molecule has 0 bridgehead atoms. The van der Waals surface area contributed by atoms with Crippen LogP contribution in [-0.4, -0.2) is 44.6 Å². The predicted octanol–water partition coefficient (Wildman–Crippen LogP) is 3.97. The van der Waals surface area contributed by atoms with Crippen molar-refractivity contribution in [2.45, 2.75) is 32.0 Å². The number of ether oxygens (including phenoxy) is 1. The number of thiophene rings is 1. The summed E-state index contributed by atoms with van der Waals surface area (Å²) in [6, 6.07) is 6.00. The molecule has 0 N–H and O–H groups in total. The van der Waals surface area contributed by atoms with Crippen molar-refractivity contribution in [2.75, 3.05) is 19.5 Å². The van der Waals surface area contributed by atoms with Gasteiger partial charge in [0.05, 0.1) is 10.6 Å². The van der Waals surface area contributed by atoms with Crippen molar-refractivity contribution in [2.24, 2.45) is 7.05 Å². The van der Waals surface area contributed by atoms with E-state index in [1.54, 1.807) is 18.4 Å². The Kier molecular flexibility index (Phi) is 6.51. The Balaban J connectivity index is 1.67. The molecule has 0 saturated heterocycles. The molecule has 0 atom stereocenters. The van der Waals surface area contributed by atoms with Crippen molar-refractivity contribution in [1.82, 2.24) is 19.3 Å². The molecule has 0 aromatic carbocycles. The molecule has 0 aliphatic rings. The van der Waals surface area contributed by atoms with Gasteiger partial charge in [-0.05, 0) is 37.8 Å². The second kappa shape index (κ2) is 8.86. The number of nitrogens with zero attached hydrogens (tertiary/aromatic N) is 4. The molecule has 0 saturated carbocycles. The first-order chi connectivity index (χ1) is 13.0. The van der Waals surface area contributed by atoms with Crippen LogP contribution in [0.15, 0.2) is 28.7 Å². The van der Waals surface area contributed by atoms with Gasteiger partial charge in [0.2, 0.25) is 0 Å². The number of carbonyl (C=O) groups excluding carboxylic acids is 1. The van der Waals surface area contributed by atoms with Gasteiger partial charge >= 0.3 is 0 Å². The fraction of sp³-hybridized carbons (Fsp3) is 0.421. The normalized spacial score (nSPS) is 11.3. The monoisotopic (exact) mass is 404 g/mol. The van der Waals surface area contributed by atoms with Gasteiger partial charge in [-0.15, -0.1) is 21.5 Å². The van der Waals surface area contributed by atoms with Crippen LogP contribution in [0.5, 0.6) is 0 Å². The van der Waals surface area contributed by atoms with Gasteiger partial charge in [0.25, 0.3) is 0 Å². The van der Waals surface area contributed by atoms with Gasteiger partial charge in [0, 0.05) is 44.3 Å². The summed E-state index contributed by atoms with van der Waals surface area (Å²) in [5, 5.41) is 11.3. The van der Waals surface area contributed by atoms with E-state index in [1.165, 1.54) is 11.8 Å². The zero-order chi connectivity index (χ0) is 19.4. The number of aryl methyl sites for hydroxylation is 1. The zero-order valence-corrected chi connectivity index (χ0v) is 17.7. The third-order valence-corrected chi connectivity index (χ3v) is 6.40. The minimum absolute atomic E-state index is 0.117. The van der Waals surface area contributed by atoms with E-state index in [1.807, 2.05) is 49.0 Å². The third-order valence-electron chi connectivity index (χ3n) is 4.51. The Morgan fingerprint density at radius 3 is 2.85 bits per heavy atom. The number of rotatable bonds is 9. The lowest BCUT2D eigenvalue weighted by Crippen LogP contribution is -2.08. The highest BCUT2D eigenvalue weighted by molar-refractivity contribution is 7.99. The van der Waals surface area contributed by atoms with Crippen LogP contribution in [0.4, 0.5) is 0 Å². The fourth-order valence-corrected chi connectivity index (χ4v) is 4.60. The Morgan fingerprint density at radius 2 is 2.15 bits per heavy atom. The lowest BCUT2D eigenvalue weighted by Gasteiger charge is -2.09. The minimum atomic E-state index is 0.117. The summed E-state index contributed by atoms with van der Waals surface area (Å²) in [6.45, 7) is 5.63. The van der Waals surface area contributed by atoms with E-state index in [2.05, 4.69) is 14.8 Å². The Labute approximate surface area is 167 Å². The molecule has 0 unspecified atom stereocenters. The van der Waals surface area contributed by atoms with Crippen molar-refractivity contribution in [3.05, 3.63) is 40.5 Å². The van der Waals surface area contributed by atoms with Gasteiger partial charge in [-0.2, -0.15) is 0 Å². The van der Waals surface area contributed by atoms with Gasteiger partial charge in [-0.25, -0.2) is 0 Å². The Bertz CT molecular complexity index is 913. The van der Waals surface area contributed by atoms with Gasteiger partial charge in [0.15, 0.2) is 16.8 Å². The lowest BCUT2D eigenvalue weighted by molar-refractivity contribution is 0.102. The summed E-state index contributed by atoms with van der Waals surface area (Å²) in [5.41, 5.74) is 2.92. The lowest BCUT2D eigenvalue weighted by atomic mass is 10.2. The Hall–Kier alpha value is -1.90. The highest BCUT2D eigenvalue weighted by Crippen LogP contribution is 2.27. The van der Waals surface area contributed by atoms with E-state index in [0.717, 1.165) is 52.4 Å². The number of ketones is 1. The maximum absolute atomic E-state index is 12.8. The molecule has 0 aliphatic heterocycles. The van der Waals surface area contributed by atoms with Crippen molar-refractivity contribution < 1.29 is 9.53 Å². The first-order valence-electron chi connectivity index (χ1n) is 8.78. The van der Waals surface area contributed by atoms with E-state index in [-0.39, 0.29) is 5.78 Å². The first-order valence-corrected chi connectivity index (χ1v) is 10.6. The average Bonchev–Trinajstić information content (AvgIpc) is 3.35. The highest BCUT2D eigenvalue weighted by atomic mass is 32.2. The number of aromatic nitrogens is 4. The summed E-state index contributed by atoms with van der Waals surface area (Å²) < 4.78 is 9.26. The predicted molar refractivity (Wildman–Crippen MR) is 110 cm³/mol. The largest absolute Gasteiger partial charge is 0.385 e. The fourth-order valence-electron chi connectivity index (χ4n) is 3.06. The van der Waals surface area contributed by atoms with Crippen molar-refractivity contribution in [3.63, 3.8) is 0 Å². The quantitative estimate of drug-likeness (QED) is 0.307.